The van der Waals surface area contributed by atoms with Crippen LogP contribution >= 0.6 is 0 Å². The molecule has 3 rings (SSSR count). The van der Waals surface area contributed by atoms with Gasteiger partial charge >= 0.3 is 6.18 Å². The Balaban J connectivity index is 1.88. The summed E-state index contributed by atoms with van der Waals surface area (Å²) in [5, 5.41) is 10.6. The van der Waals surface area contributed by atoms with E-state index in [1.54, 1.807) is 12.1 Å². The van der Waals surface area contributed by atoms with Crippen LogP contribution in [0.3, 0.4) is 0 Å². The van der Waals surface area contributed by atoms with Crippen LogP contribution < -0.4 is 0 Å². The van der Waals surface area contributed by atoms with Crippen LogP contribution in [0.15, 0.2) is 53.4 Å². The van der Waals surface area contributed by atoms with E-state index in [9.17, 15) is 23.1 Å². The number of ketones is 1. The van der Waals surface area contributed by atoms with Gasteiger partial charge < -0.3 is 5.11 Å². The first-order valence-electron chi connectivity index (χ1n) is 7.40. The van der Waals surface area contributed by atoms with Gasteiger partial charge in [0.2, 0.25) is 0 Å². The second kappa shape index (κ2) is 6.26. The minimum atomic E-state index is -4.42. The van der Waals surface area contributed by atoms with Crippen molar-refractivity contribution in [1.82, 2.24) is 0 Å². The van der Waals surface area contributed by atoms with Gasteiger partial charge in [-0.25, -0.2) is 0 Å². The quantitative estimate of drug-likeness (QED) is 0.833. The summed E-state index contributed by atoms with van der Waals surface area (Å²) in [5.74, 6) is -0.286. The topological polar surface area (TPSA) is 37.3 Å². The molecule has 1 heterocycles. The lowest BCUT2D eigenvalue weighted by Gasteiger charge is -2.26. The molecule has 24 heavy (non-hydrogen) atoms. The molecule has 0 aliphatic carbocycles. The average Bonchev–Trinajstić information content (AvgIpc) is 2.57. The minimum absolute atomic E-state index is 0.149. The molecule has 6 heteroatoms. The molecular formula is C18H16F3O2S+. The highest BCUT2D eigenvalue weighted by Gasteiger charge is 2.42. The Morgan fingerprint density at radius 1 is 1.12 bits per heavy atom. The van der Waals surface area contributed by atoms with Crippen LogP contribution in [-0.4, -0.2) is 22.9 Å². The number of Topliss-reactive ketones (excluding diaryl/α,β-unsaturated/α-hetero) is 1. The molecule has 3 unspecified atom stereocenters. The fourth-order valence-corrected chi connectivity index (χ4v) is 4.85. The predicted molar refractivity (Wildman–Crippen MR) is 87.1 cm³/mol. The van der Waals surface area contributed by atoms with E-state index < -0.39 is 23.8 Å². The van der Waals surface area contributed by atoms with Crippen molar-refractivity contribution in [1.29, 1.82) is 0 Å². The molecule has 0 aromatic heterocycles. The standard InChI is InChI=1S/C18H16F3O2S/c1-24-10-14(17(23)13-4-2-3-5-15(13)24)16(22)11-6-8-12(9-7-11)18(19,20)21/h2-9,14,16,22H,10H2,1H3/q+1. The second-order valence-corrected chi connectivity index (χ2v) is 7.88. The number of hydrogen-bond donors (Lipinski definition) is 1. The van der Waals surface area contributed by atoms with Gasteiger partial charge in [0.1, 0.15) is 12.0 Å². The van der Waals surface area contributed by atoms with Crippen molar-refractivity contribution in [2.45, 2.75) is 17.2 Å². The van der Waals surface area contributed by atoms with Crippen LogP contribution in [0.5, 0.6) is 0 Å². The van der Waals surface area contributed by atoms with E-state index in [1.807, 2.05) is 18.4 Å². The number of aliphatic hydroxyl groups excluding tert-OH is 1. The highest BCUT2D eigenvalue weighted by Crippen LogP contribution is 2.36. The second-order valence-electron chi connectivity index (χ2n) is 5.84. The minimum Gasteiger partial charge on any atom is -0.387 e. The first-order valence-corrected chi connectivity index (χ1v) is 9.20. The number of hydrogen-bond acceptors (Lipinski definition) is 2. The van der Waals surface area contributed by atoms with Gasteiger partial charge in [-0.15, -0.1) is 0 Å². The molecule has 0 saturated carbocycles. The zero-order valence-corrected chi connectivity index (χ0v) is 13.7. The molecule has 0 spiro atoms. The van der Waals surface area contributed by atoms with E-state index >= 15 is 0 Å². The van der Waals surface area contributed by atoms with Crippen LogP contribution in [-0.2, 0) is 17.1 Å². The maximum Gasteiger partial charge on any atom is 0.416 e. The molecule has 1 aliphatic rings. The van der Waals surface area contributed by atoms with E-state index in [0.29, 0.717) is 16.9 Å². The van der Waals surface area contributed by atoms with Crippen molar-refractivity contribution in [2.24, 2.45) is 5.92 Å². The molecule has 0 radical (unpaired) electrons. The lowest BCUT2D eigenvalue weighted by molar-refractivity contribution is -0.137. The maximum atomic E-state index is 12.7. The lowest BCUT2D eigenvalue weighted by Crippen LogP contribution is -2.35. The molecule has 2 aromatic carbocycles. The predicted octanol–water partition coefficient (Wildman–Crippen LogP) is 3.86. The summed E-state index contributed by atoms with van der Waals surface area (Å²) >= 11 is 0. The number of alkyl halides is 3. The zero-order valence-electron chi connectivity index (χ0n) is 12.9. The molecular weight excluding hydrogens is 337 g/mol. The van der Waals surface area contributed by atoms with Gasteiger partial charge in [-0.3, -0.25) is 4.79 Å². The average molecular weight is 353 g/mol. The number of halogens is 3. The van der Waals surface area contributed by atoms with Crippen LogP contribution in [0.4, 0.5) is 13.2 Å². The summed E-state index contributed by atoms with van der Waals surface area (Å²) in [6.07, 6.45) is -3.51. The van der Waals surface area contributed by atoms with Crippen LogP contribution in [0, 0.1) is 5.92 Å². The molecule has 2 aromatic rings. The van der Waals surface area contributed by atoms with E-state index in [2.05, 4.69) is 0 Å². The van der Waals surface area contributed by atoms with Gasteiger partial charge in [-0.05, 0) is 29.8 Å². The van der Waals surface area contributed by atoms with Gasteiger partial charge in [-0.2, -0.15) is 13.2 Å². The highest BCUT2D eigenvalue weighted by atomic mass is 32.2. The van der Waals surface area contributed by atoms with Crippen molar-refractivity contribution in [3.8, 4) is 0 Å². The third-order valence-corrected chi connectivity index (χ3v) is 6.22. The summed E-state index contributed by atoms with van der Waals surface area (Å²) in [6, 6.07) is 11.7. The lowest BCUT2D eigenvalue weighted by atomic mass is 9.89. The van der Waals surface area contributed by atoms with E-state index in [0.717, 1.165) is 17.0 Å². The number of carbonyl (C=O) groups excluding carboxylic acids is 1. The number of rotatable bonds is 2. The van der Waals surface area contributed by atoms with Gasteiger partial charge in [-0.1, -0.05) is 24.3 Å². The van der Waals surface area contributed by atoms with Crippen LogP contribution in [0.2, 0.25) is 0 Å². The first kappa shape index (κ1) is 17.0. The Hall–Kier alpha value is -1.79. The smallest absolute Gasteiger partial charge is 0.387 e. The molecule has 1 N–H and O–H groups in total. The zero-order chi connectivity index (χ0) is 17.5. The summed E-state index contributed by atoms with van der Waals surface area (Å²) in [7, 11) is -0.190. The SMILES string of the molecule is C[S+]1CC(C(O)c2ccc(C(F)(F)F)cc2)C(=O)c2ccccc21. The van der Waals surface area contributed by atoms with E-state index in [4.69, 9.17) is 0 Å². The van der Waals surface area contributed by atoms with E-state index in [-0.39, 0.29) is 16.7 Å². The molecule has 1 aliphatic heterocycles. The van der Waals surface area contributed by atoms with Crippen molar-refractivity contribution < 1.29 is 23.1 Å². The number of aliphatic hydroxyl groups is 1. The Kier molecular flexibility index (Phi) is 4.44. The normalized spacial score (nSPS) is 22.1. The Labute approximate surface area is 140 Å². The fraction of sp³-hybridized carbons (Fsp3) is 0.278. The summed E-state index contributed by atoms with van der Waals surface area (Å²) in [4.78, 5) is 13.7. The number of carbonyl (C=O) groups is 1. The summed E-state index contributed by atoms with van der Waals surface area (Å²) in [5.41, 5.74) is 0.164. The number of fused-ring (bicyclic) bond motifs is 1. The molecule has 2 nitrogen and oxygen atoms in total. The summed E-state index contributed by atoms with van der Waals surface area (Å²) in [6.45, 7) is 0. The van der Waals surface area contributed by atoms with Gasteiger partial charge in [0.15, 0.2) is 10.7 Å². The molecule has 0 fully saturated rings. The molecule has 0 bridgehead atoms. The largest absolute Gasteiger partial charge is 0.416 e. The molecule has 0 saturated heterocycles. The Morgan fingerprint density at radius 2 is 1.75 bits per heavy atom. The first-order chi connectivity index (χ1) is 11.3. The van der Waals surface area contributed by atoms with Gasteiger partial charge in [0.25, 0.3) is 0 Å². The molecule has 0 amide bonds. The van der Waals surface area contributed by atoms with E-state index in [1.165, 1.54) is 12.1 Å². The molecule has 3 atom stereocenters. The Bertz CT molecular complexity index is 756. The van der Waals surface area contributed by atoms with Crippen molar-refractivity contribution in [3.63, 3.8) is 0 Å². The van der Waals surface area contributed by atoms with Crippen molar-refractivity contribution in [3.05, 3.63) is 65.2 Å². The van der Waals surface area contributed by atoms with Gasteiger partial charge in [0.05, 0.1) is 23.1 Å². The van der Waals surface area contributed by atoms with Crippen molar-refractivity contribution >= 4 is 16.7 Å². The van der Waals surface area contributed by atoms with Crippen LogP contribution in [0.1, 0.15) is 27.6 Å². The van der Waals surface area contributed by atoms with Crippen LogP contribution in [0.25, 0.3) is 0 Å². The van der Waals surface area contributed by atoms with Crippen molar-refractivity contribution in [2.75, 3.05) is 12.0 Å². The van der Waals surface area contributed by atoms with Gasteiger partial charge in [0, 0.05) is 10.9 Å². The molecule has 126 valence electrons. The third-order valence-electron chi connectivity index (χ3n) is 4.25. The summed E-state index contributed by atoms with van der Waals surface area (Å²) < 4.78 is 37.9. The maximum absolute atomic E-state index is 12.7. The highest BCUT2D eigenvalue weighted by molar-refractivity contribution is 7.96. The fourth-order valence-electron chi connectivity index (χ4n) is 2.94. The number of benzene rings is 2. The third kappa shape index (κ3) is 3.08. The monoisotopic (exact) mass is 353 g/mol. The Morgan fingerprint density at radius 3 is 2.38 bits per heavy atom.